The van der Waals surface area contributed by atoms with Gasteiger partial charge in [-0.2, -0.15) is 0 Å². The number of hydrogen-bond acceptors (Lipinski definition) is 4. The summed E-state index contributed by atoms with van der Waals surface area (Å²) in [6, 6.07) is 3.70. The van der Waals surface area contributed by atoms with Crippen LogP contribution in [0.5, 0.6) is 5.75 Å². The molecule has 1 atom stereocenters. The van der Waals surface area contributed by atoms with Gasteiger partial charge in [0, 0.05) is 24.2 Å². The van der Waals surface area contributed by atoms with Gasteiger partial charge in [0.15, 0.2) is 0 Å². The van der Waals surface area contributed by atoms with Gasteiger partial charge in [-0.1, -0.05) is 6.07 Å². The lowest BCUT2D eigenvalue weighted by atomic mass is 10.1. The standard InChI is InChI=1S/C11H15FN2O3/c1-7(14-4-5-17-11(13)16)9-3-2-8(15)6-10(9)12/h2-3,6-7,14-15H,4-5H2,1H3,(H2,13,16). The molecular weight excluding hydrogens is 227 g/mol. The van der Waals surface area contributed by atoms with Crippen LogP contribution in [0, 0.1) is 5.82 Å². The van der Waals surface area contributed by atoms with E-state index in [0.717, 1.165) is 6.07 Å². The van der Waals surface area contributed by atoms with Gasteiger partial charge < -0.3 is 20.9 Å². The lowest BCUT2D eigenvalue weighted by molar-refractivity contribution is 0.156. The summed E-state index contributed by atoms with van der Waals surface area (Å²) in [4.78, 5) is 10.3. The molecule has 94 valence electrons. The Morgan fingerprint density at radius 3 is 2.94 bits per heavy atom. The number of nitrogens with one attached hydrogen (secondary N) is 1. The van der Waals surface area contributed by atoms with Gasteiger partial charge >= 0.3 is 6.09 Å². The van der Waals surface area contributed by atoms with Crippen molar-refractivity contribution in [2.24, 2.45) is 5.73 Å². The van der Waals surface area contributed by atoms with Crippen LogP contribution in [0.4, 0.5) is 9.18 Å². The Hall–Kier alpha value is -1.82. The predicted molar refractivity (Wildman–Crippen MR) is 60.0 cm³/mol. The predicted octanol–water partition coefficient (Wildman–Crippen LogP) is 1.28. The van der Waals surface area contributed by atoms with Crippen LogP contribution in [-0.2, 0) is 4.74 Å². The van der Waals surface area contributed by atoms with E-state index in [-0.39, 0.29) is 18.4 Å². The number of phenols is 1. The Morgan fingerprint density at radius 2 is 2.35 bits per heavy atom. The molecule has 5 nitrogen and oxygen atoms in total. The minimum absolute atomic E-state index is 0.115. The number of carbonyl (C=O) groups is 1. The second-order valence-corrected chi connectivity index (χ2v) is 3.55. The minimum Gasteiger partial charge on any atom is -0.508 e. The maximum Gasteiger partial charge on any atom is 0.404 e. The lowest BCUT2D eigenvalue weighted by Gasteiger charge is -2.14. The van der Waals surface area contributed by atoms with E-state index in [1.54, 1.807) is 6.92 Å². The monoisotopic (exact) mass is 242 g/mol. The molecule has 0 aliphatic carbocycles. The summed E-state index contributed by atoms with van der Waals surface area (Å²) in [7, 11) is 0. The number of phenolic OH excluding ortho intramolecular Hbond substituents is 1. The molecule has 6 heteroatoms. The summed E-state index contributed by atoms with van der Waals surface area (Å²) in [5.41, 5.74) is 5.22. The van der Waals surface area contributed by atoms with E-state index in [2.05, 4.69) is 10.1 Å². The van der Waals surface area contributed by atoms with Crippen LogP contribution in [0.3, 0.4) is 0 Å². The number of amides is 1. The van der Waals surface area contributed by atoms with E-state index in [9.17, 15) is 9.18 Å². The van der Waals surface area contributed by atoms with Crippen molar-refractivity contribution in [1.82, 2.24) is 5.32 Å². The third-order valence-electron chi connectivity index (χ3n) is 2.25. The van der Waals surface area contributed by atoms with Gasteiger partial charge in [0.25, 0.3) is 0 Å². The zero-order valence-corrected chi connectivity index (χ0v) is 9.44. The van der Waals surface area contributed by atoms with Gasteiger partial charge in [-0.15, -0.1) is 0 Å². The fourth-order valence-electron chi connectivity index (χ4n) is 1.40. The fourth-order valence-corrected chi connectivity index (χ4v) is 1.40. The van der Waals surface area contributed by atoms with Crippen molar-refractivity contribution in [2.75, 3.05) is 13.2 Å². The van der Waals surface area contributed by atoms with Crippen molar-refractivity contribution < 1.29 is 19.0 Å². The van der Waals surface area contributed by atoms with Crippen LogP contribution in [0.1, 0.15) is 18.5 Å². The van der Waals surface area contributed by atoms with Crippen LogP contribution in [0.15, 0.2) is 18.2 Å². The maximum absolute atomic E-state index is 13.4. The number of carbonyl (C=O) groups excluding carboxylic acids is 1. The Balaban J connectivity index is 2.46. The molecule has 1 aromatic carbocycles. The van der Waals surface area contributed by atoms with Crippen LogP contribution < -0.4 is 11.1 Å². The molecule has 0 saturated heterocycles. The zero-order valence-electron chi connectivity index (χ0n) is 9.44. The van der Waals surface area contributed by atoms with Crippen molar-refractivity contribution in [1.29, 1.82) is 0 Å². The van der Waals surface area contributed by atoms with Crippen molar-refractivity contribution in [2.45, 2.75) is 13.0 Å². The highest BCUT2D eigenvalue weighted by Gasteiger charge is 2.10. The molecule has 4 N–H and O–H groups in total. The van der Waals surface area contributed by atoms with Gasteiger partial charge in [0.1, 0.15) is 18.2 Å². The largest absolute Gasteiger partial charge is 0.508 e. The Morgan fingerprint density at radius 1 is 1.65 bits per heavy atom. The van der Waals surface area contributed by atoms with E-state index in [1.165, 1.54) is 12.1 Å². The van der Waals surface area contributed by atoms with Crippen molar-refractivity contribution in [3.8, 4) is 5.75 Å². The highest BCUT2D eigenvalue weighted by atomic mass is 19.1. The van der Waals surface area contributed by atoms with Gasteiger partial charge in [-0.25, -0.2) is 9.18 Å². The number of halogens is 1. The summed E-state index contributed by atoms with van der Waals surface area (Å²) < 4.78 is 18.0. The molecule has 0 aromatic heterocycles. The SMILES string of the molecule is CC(NCCOC(N)=O)c1ccc(O)cc1F. The van der Waals surface area contributed by atoms with E-state index in [0.29, 0.717) is 12.1 Å². The smallest absolute Gasteiger partial charge is 0.404 e. The number of aromatic hydroxyl groups is 1. The molecular formula is C11H15FN2O3. The zero-order chi connectivity index (χ0) is 12.8. The second kappa shape index (κ2) is 6.05. The maximum atomic E-state index is 13.4. The molecule has 0 spiro atoms. The van der Waals surface area contributed by atoms with Crippen molar-refractivity contribution in [3.05, 3.63) is 29.6 Å². The second-order valence-electron chi connectivity index (χ2n) is 3.55. The molecule has 1 rings (SSSR count). The van der Waals surface area contributed by atoms with Crippen LogP contribution in [0.25, 0.3) is 0 Å². The van der Waals surface area contributed by atoms with E-state index >= 15 is 0 Å². The van der Waals surface area contributed by atoms with Crippen LogP contribution in [-0.4, -0.2) is 24.4 Å². The first-order chi connectivity index (χ1) is 8.00. The van der Waals surface area contributed by atoms with Gasteiger partial charge in [0.2, 0.25) is 0 Å². The first-order valence-corrected chi connectivity index (χ1v) is 5.14. The highest BCUT2D eigenvalue weighted by Crippen LogP contribution is 2.20. The quantitative estimate of drug-likeness (QED) is 0.679. The van der Waals surface area contributed by atoms with Crippen LogP contribution >= 0.6 is 0 Å². The number of ether oxygens (including phenoxy) is 1. The number of primary amides is 1. The summed E-state index contributed by atoms with van der Waals surface area (Å²) in [5.74, 6) is -0.601. The topological polar surface area (TPSA) is 84.6 Å². The first kappa shape index (κ1) is 13.2. The molecule has 0 aliphatic rings. The average molecular weight is 242 g/mol. The number of benzene rings is 1. The Labute approximate surface area is 98.4 Å². The molecule has 0 bridgehead atoms. The molecule has 0 saturated carbocycles. The van der Waals surface area contributed by atoms with E-state index < -0.39 is 11.9 Å². The van der Waals surface area contributed by atoms with Crippen LogP contribution in [0.2, 0.25) is 0 Å². The summed E-state index contributed by atoms with van der Waals surface area (Å²) in [6.07, 6.45) is -0.838. The van der Waals surface area contributed by atoms with Crippen molar-refractivity contribution in [3.63, 3.8) is 0 Å². The van der Waals surface area contributed by atoms with E-state index in [1.807, 2.05) is 0 Å². The summed E-state index contributed by atoms with van der Waals surface area (Å²) in [6.45, 7) is 2.25. The third kappa shape index (κ3) is 4.28. The Bertz CT molecular complexity index is 398. The summed E-state index contributed by atoms with van der Waals surface area (Å²) >= 11 is 0. The highest BCUT2D eigenvalue weighted by molar-refractivity contribution is 5.64. The molecule has 17 heavy (non-hydrogen) atoms. The first-order valence-electron chi connectivity index (χ1n) is 5.14. The third-order valence-corrected chi connectivity index (χ3v) is 2.25. The minimum atomic E-state index is -0.838. The van der Waals surface area contributed by atoms with Crippen molar-refractivity contribution >= 4 is 6.09 Å². The normalized spacial score (nSPS) is 12.1. The molecule has 1 amide bonds. The number of hydrogen-bond donors (Lipinski definition) is 3. The van der Waals surface area contributed by atoms with Gasteiger partial charge in [-0.05, 0) is 13.0 Å². The van der Waals surface area contributed by atoms with E-state index in [4.69, 9.17) is 10.8 Å². The Kier molecular flexibility index (Phi) is 4.71. The molecule has 1 aromatic rings. The molecule has 0 fully saturated rings. The molecule has 0 heterocycles. The average Bonchev–Trinajstić information content (AvgIpc) is 2.23. The molecule has 1 unspecified atom stereocenters. The fraction of sp³-hybridized carbons (Fsp3) is 0.364. The van der Waals surface area contributed by atoms with Gasteiger partial charge in [-0.3, -0.25) is 0 Å². The van der Waals surface area contributed by atoms with Gasteiger partial charge in [0.05, 0.1) is 0 Å². The summed E-state index contributed by atoms with van der Waals surface area (Å²) in [5, 5.41) is 12.0. The molecule has 0 radical (unpaired) electrons. The number of nitrogens with two attached hydrogens (primary N) is 1. The lowest BCUT2D eigenvalue weighted by Crippen LogP contribution is -2.26. The number of rotatable bonds is 5. The molecule has 0 aliphatic heterocycles.